The van der Waals surface area contributed by atoms with Gasteiger partial charge in [0.05, 0.1) is 0 Å². The summed E-state index contributed by atoms with van der Waals surface area (Å²) in [6.45, 7) is 8.92. The molecule has 0 atom stereocenters. The minimum absolute atomic E-state index is 0.288. The van der Waals surface area contributed by atoms with Crippen molar-refractivity contribution in [1.29, 1.82) is 0 Å². The van der Waals surface area contributed by atoms with Crippen LogP contribution in [0.2, 0.25) is 0 Å². The van der Waals surface area contributed by atoms with Gasteiger partial charge in [0.2, 0.25) is 0 Å². The minimum atomic E-state index is 0.288. The van der Waals surface area contributed by atoms with E-state index in [1.165, 1.54) is 11.3 Å². The highest BCUT2D eigenvalue weighted by atomic mass is 16.1. The fourth-order valence-electron chi connectivity index (χ4n) is 2.30. The summed E-state index contributed by atoms with van der Waals surface area (Å²) in [7, 11) is 0. The quantitative estimate of drug-likeness (QED) is 0.813. The highest BCUT2D eigenvalue weighted by Crippen LogP contribution is 2.17. The van der Waals surface area contributed by atoms with Crippen molar-refractivity contribution in [3.63, 3.8) is 0 Å². The third-order valence-corrected chi connectivity index (χ3v) is 3.55. The topological polar surface area (TPSA) is 23.6 Å². The van der Waals surface area contributed by atoms with Gasteiger partial charge in [-0.05, 0) is 26.0 Å². The molecule has 1 fully saturated rings. The van der Waals surface area contributed by atoms with Gasteiger partial charge in [-0.1, -0.05) is 17.7 Å². The highest BCUT2D eigenvalue weighted by Gasteiger charge is 2.16. The molecular formula is C15H22N2O. The zero-order valence-electron chi connectivity index (χ0n) is 11.4. The molecule has 0 unspecified atom stereocenters. The molecule has 0 saturated carbocycles. The lowest BCUT2D eigenvalue weighted by atomic mass is 10.2. The van der Waals surface area contributed by atoms with Gasteiger partial charge in [0.25, 0.3) is 0 Å². The van der Waals surface area contributed by atoms with E-state index in [1.807, 2.05) is 0 Å². The molecule has 0 spiro atoms. The van der Waals surface area contributed by atoms with Crippen molar-refractivity contribution in [2.75, 3.05) is 37.6 Å². The number of hydrogen-bond acceptors (Lipinski definition) is 3. The molecule has 0 bridgehead atoms. The molecule has 1 aliphatic heterocycles. The number of anilines is 1. The first-order valence-corrected chi connectivity index (χ1v) is 6.68. The predicted molar refractivity (Wildman–Crippen MR) is 75.1 cm³/mol. The van der Waals surface area contributed by atoms with Crippen LogP contribution in [0, 0.1) is 6.92 Å². The molecule has 0 N–H and O–H groups in total. The largest absolute Gasteiger partial charge is 0.369 e. The lowest BCUT2D eigenvalue weighted by molar-refractivity contribution is -0.117. The SMILES string of the molecule is CC(=O)CCN1CCN(c2ccc(C)cc2)CC1. The van der Waals surface area contributed by atoms with Gasteiger partial charge in [0.1, 0.15) is 5.78 Å². The number of Topliss-reactive ketones (excluding diaryl/α,β-unsaturated/α-hetero) is 1. The number of piperazine rings is 1. The van der Waals surface area contributed by atoms with Crippen LogP contribution >= 0.6 is 0 Å². The van der Waals surface area contributed by atoms with Gasteiger partial charge in [-0.2, -0.15) is 0 Å². The smallest absolute Gasteiger partial charge is 0.131 e. The number of aryl methyl sites for hydroxylation is 1. The second kappa shape index (κ2) is 6.01. The van der Waals surface area contributed by atoms with E-state index in [4.69, 9.17) is 0 Å². The number of carbonyl (C=O) groups excluding carboxylic acids is 1. The van der Waals surface area contributed by atoms with Crippen LogP contribution in [0.1, 0.15) is 18.9 Å². The summed E-state index contributed by atoms with van der Waals surface area (Å²) in [5.41, 5.74) is 2.62. The monoisotopic (exact) mass is 246 g/mol. The maximum Gasteiger partial charge on any atom is 0.131 e. The van der Waals surface area contributed by atoms with E-state index >= 15 is 0 Å². The van der Waals surface area contributed by atoms with Crippen molar-refractivity contribution in [2.24, 2.45) is 0 Å². The second-order valence-corrected chi connectivity index (χ2v) is 5.12. The summed E-state index contributed by atoms with van der Waals surface area (Å²) in [5, 5.41) is 0. The molecule has 0 aliphatic carbocycles. The van der Waals surface area contributed by atoms with Crippen molar-refractivity contribution in [2.45, 2.75) is 20.3 Å². The molecule has 0 radical (unpaired) electrons. The fraction of sp³-hybridized carbons (Fsp3) is 0.533. The van der Waals surface area contributed by atoms with E-state index in [0.717, 1.165) is 32.7 Å². The number of rotatable bonds is 4. The number of nitrogens with zero attached hydrogens (tertiary/aromatic N) is 2. The molecule has 0 aromatic heterocycles. The predicted octanol–water partition coefficient (Wildman–Crippen LogP) is 2.10. The normalized spacial score (nSPS) is 16.9. The van der Waals surface area contributed by atoms with Crippen LogP contribution in [0.4, 0.5) is 5.69 Å². The molecule has 3 heteroatoms. The minimum Gasteiger partial charge on any atom is -0.369 e. The molecule has 18 heavy (non-hydrogen) atoms. The number of carbonyl (C=O) groups is 1. The van der Waals surface area contributed by atoms with Crippen LogP contribution in [-0.4, -0.2) is 43.4 Å². The summed E-state index contributed by atoms with van der Waals surface area (Å²) in [6, 6.07) is 8.72. The third kappa shape index (κ3) is 3.57. The first-order chi connectivity index (χ1) is 8.65. The van der Waals surface area contributed by atoms with E-state index in [9.17, 15) is 4.79 Å². The molecule has 1 aliphatic rings. The van der Waals surface area contributed by atoms with Crippen LogP contribution in [-0.2, 0) is 4.79 Å². The Balaban J connectivity index is 1.83. The van der Waals surface area contributed by atoms with Gasteiger partial charge in [-0.15, -0.1) is 0 Å². The fourth-order valence-corrected chi connectivity index (χ4v) is 2.30. The molecule has 1 aromatic rings. The number of ketones is 1. The Morgan fingerprint density at radius 2 is 1.72 bits per heavy atom. The zero-order valence-corrected chi connectivity index (χ0v) is 11.4. The summed E-state index contributed by atoms with van der Waals surface area (Å²) in [5.74, 6) is 0.288. The van der Waals surface area contributed by atoms with E-state index < -0.39 is 0 Å². The first kappa shape index (κ1) is 13.1. The van der Waals surface area contributed by atoms with E-state index in [0.29, 0.717) is 6.42 Å². The number of hydrogen-bond donors (Lipinski definition) is 0. The Kier molecular flexibility index (Phi) is 4.37. The number of benzene rings is 1. The Labute approximate surface area is 109 Å². The maximum absolute atomic E-state index is 11.0. The molecule has 1 saturated heterocycles. The van der Waals surface area contributed by atoms with E-state index in [1.54, 1.807) is 6.92 Å². The Bertz CT molecular complexity index is 391. The Hall–Kier alpha value is -1.35. The van der Waals surface area contributed by atoms with E-state index in [-0.39, 0.29) is 5.78 Å². The van der Waals surface area contributed by atoms with Gasteiger partial charge < -0.3 is 4.90 Å². The summed E-state index contributed by atoms with van der Waals surface area (Å²) >= 11 is 0. The molecule has 98 valence electrons. The van der Waals surface area contributed by atoms with Crippen molar-refractivity contribution in [3.8, 4) is 0 Å². The molecular weight excluding hydrogens is 224 g/mol. The average Bonchev–Trinajstić information content (AvgIpc) is 2.38. The lowest BCUT2D eigenvalue weighted by Crippen LogP contribution is -2.46. The van der Waals surface area contributed by atoms with Gasteiger partial charge >= 0.3 is 0 Å². The van der Waals surface area contributed by atoms with Gasteiger partial charge in [-0.3, -0.25) is 9.69 Å². The van der Waals surface area contributed by atoms with Gasteiger partial charge in [0, 0.05) is 44.8 Å². The average molecular weight is 246 g/mol. The second-order valence-electron chi connectivity index (χ2n) is 5.12. The summed E-state index contributed by atoms with van der Waals surface area (Å²) in [6.07, 6.45) is 0.685. The van der Waals surface area contributed by atoms with Crippen LogP contribution < -0.4 is 4.90 Å². The highest BCUT2D eigenvalue weighted by molar-refractivity contribution is 5.75. The van der Waals surface area contributed by atoms with Crippen molar-refractivity contribution in [1.82, 2.24) is 4.90 Å². The zero-order chi connectivity index (χ0) is 13.0. The summed E-state index contributed by atoms with van der Waals surface area (Å²) in [4.78, 5) is 15.8. The van der Waals surface area contributed by atoms with Crippen molar-refractivity contribution >= 4 is 11.5 Å². The lowest BCUT2D eigenvalue weighted by Gasteiger charge is -2.36. The molecule has 3 nitrogen and oxygen atoms in total. The molecule has 1 aromatic carbocycles. The van der Waals surface area contributed by atoms with Gasteiger partial charge in [0.15, 0.2) is 0 Å². The first-order valence-electron chi connectivity index (χ1n) is 6.68. The maximum atomic E-state index is 11.0. The Morgan fingerprint density at radius 3 is 2.28 bits per heavy atom. The van der Waals surface area contributed by atoms with Crippen molar-refractivity contribution < 1.29 is 4.79 Å². The van der Waals surface area contributed by atoms with Gasteiger partial charge in [-0.25, -0.2) is 0 Å². The van der Waals surface area contributed by atoms with Crippen LogP contribution in [0.15, 0.2) is 24.3 Å². The van der Waals surface area contributed by atoms with Crippen LogP contribution in [0.5, 0.6) is 0 Å². The standard InChI is InChI=1S/C15H22N2O/c1-13-3-5-15(6-4-13)17-11-9-16(10-12-17)8-7-14(2)18/h3-6H,7-12H2,1-2H3. The molecule has 1 heterocycles. The summed E-state index contributed by atoms with van der Waals surface area (Å²) < 4.78 is 0. The molecule has 0 amide bonds. The Morgan fingerprint density at radius 1 is 1.11 bits per heavy atom. The molecule has 2 rings (SSSR count). The van der Waals surface area contributed by atoms with Crippen molar-refractivity contribution in [3.05, 3.63) is 29.8 Å². The third-order valence-electron chi connectivity index (χ3n) is 3.55. The van der Waals surface area contributed by atoms with Crippen LogP contribution in [0.3, 0.4) is 0 Å². The van der Waals surface area contributed by atoms with Crippen LogP contribution in [0.25, 0.3) is 0 Å². The van der Waals surface area contributed by atoms with E-state index in [2.05, 4.69) is 41.0 Å².